The number of ether oxygens (including phenoxy) is 2. The van der Waals surface area contributed by atoms with Gasteiger partial charge in [-0.2, -0.15) is 0 Å². The highest BCUT2D eigenvalue weighted by Crippen LogP contribution is 2.47. The van der Waals surface area contributed by atoms with Crippen LogP contribution in [0.15, 0.2) is 48.6 Å². The molecular formula is C37H44N4O6. The highest BCUT2D eigenvalue weighted by Gasteiger charge is 2.61. The predicted molar refractivity (Wildman–Crippen MR) is 178 cm³/mol. The van der Waals surface area contributed by atoms with Crippen molar-refractivity contribution in [2.24, 2.45) is 17.8 Å². The van der Waals surface area contributed by atoms with Crippen LogP contribution in [0.3, 0.4) is 0 Å². The molecule has 2 saturated carbocycles. The first kappa shape index (κ1) is 32.5. The number of aliphatic carboxylic acids is 1. The van der Waals surface area contributed by atoms with E-state index in [4.69, 9.17) is 19.4 Å². The first-order chi connectivity index (χ1) is 22.5. The smallest absolute Gasteiger partial charge is 0.330 e. The van der Waals surface area contributed by atoms with Crippen LogP contribution in [-0.2, 0) is 14.4 Å². The second kappa shape index (κ2) is 13.0. The Labute approximate surface area is 275 Å². The van der Waals surface area contributed by atoms with Crippen molar-refractivity contribution in [2.45, 2.75) is 76.9 Å². The minimum absolute atomic E-state index is 0.115. The Kier molecular flexibility index (Phi) is 8.96. The van der Waals surface area contributed by atoms with Crippen molar-refractivity contribution in [3.63, 3.8) is 0 Å². The maximum Gasteiger partial charge on any atom is 0.330 e. The Morgan fingerprint density at radius 1 is 1.06 bits per heavy atom. The van der Waals surface area contributed by atoms with Crippen molar-refractivity contribution in [1.82, 2.24) is 20.2 Å². The molecule has 5 atom stereocenters. The van der Waals surface area contributed by atoms with Gasteiger partial charge in [-0.1, -0.05) is 32.1 Å². The van der Waals surface area contributed by atoms with Crippen molar-refractivity contribution < 1.29 is 29.0 Å². The van der Waals surface area contributed by atoms with E-state index in [1.54, 1.807) is 19.1 Å². The molecule has 5 unspecified atom stereocenters. The van der Waals surface area contributed by atoms with Crippen molar-refractivity contribution in [2.75, 3.05) is 20.7 Å². The summed E-state index contributed by atoms with van der Waals surface area (Å²) >= 11 is 0. The molecule has 2 aliphatic carbocycles. The number of amides is 2. The number of hydrogen-bond acceptors (Lipinski definition) is 7. The molecule has 10 heteroatoms. The summed E-state index contributed by atoms with van der Waals surface area (Å²) in [6.45, 7) is 6.73. The SMILES string of the molecule is COc1ccc2c(OC3CC4C(=O)NC5(C(=O)O)CC5/C=C/CCCCN(C)C(=O)C4C3)cc(-c3cccc(C(C)C)n3)nc2c1C. The zero-order valence-electron chi connectivity index (χ0n) is 27.8. The molecule has 1 aromatic carbocycles. The molecule has 10 nitrogen and oxygen atoms in total. The van der Waals surface area contributed by atoms with Gasteiger partial charge < -0.3 is 24.8 Å². The molecule has 2 N–H and O–H groups in total. The molecule has 0 saturated heterocycles. The average molecular weight is 641 g/mol. The van der Waals surface area contributed by atoms with Crippen molar-refractivity contribution in [1.29, 1.82) is 0 Å². The maximum absolute atomic E-state index is 13.9. The third kappa shape index (κ3) is 6.30. The van der Waals surface area contributed by atoms with E-state index >= 15 is 0 Å². The zero-order valence-corrected chi connectivity index (χ0v) is 27.8. The molecule has 3 aromatic rings. The Bertz CT molecular complexity index is 1740. The molecule has 3 heterocycles. The number of carboxylic acid groups (broad SMARTS) is 1. The molecular weight excluding hydrogens is 596 g/mol. The highest BCUT2D eigenvalue weighted by atomic mass is 16.5. The molecule has 47 heavy (non-hydrogen) atoms. The van der Waals surface area contributed by atoms with Gasteiger partial charge in [0.1, 0.15) is 23.1 Å². The monoisotopic (exact) mass is 640 g/mol. The number of aromatic nitrogens is 2. The minimum atomic E-state index is -1.33. The lowest BCUT2D eigenvalue weighted by Gasteiger charge is -2.26. The van der Waals surface area contributed by atoms with Gasteiger partial charge in [-0.15, -0.1) is 0 Å². The second-order valence-electron chi connectivity index (χ2n) is 13.6. The summed E-state index contributed by atoms with van der Waals surface area (Å²) in [7, 11) is 3.40. The maximum atomic E-state index is 13.9. The number of aryl methyl sites for hydroxylation is 1. The van der Waals surface area contributed by atoms with Crippen LogP contribution in [0.4, 0.5) is 0 Å². The average Bonchev–Trinajstić information content (AvgIpc) is 3.59. The number of carbonyl (C=O) groups is 3. The van der Waals surface area contributed by atoms with Gasteiger partial charge >= 0.3 is 5.97 Å². The number of benzene rings is 1. The van der Waals surface area contributed by atoms with E-state index in [0.717, 1.165) is 41.4 Å². The Morgan fingerprint density at radius 3 is 2.60 bits per heavy atom. The van der Waals surface area contributed by atoms with E-state index in [2.05, 4.69) is 19.2 Å². The fourth-order valence-corrected chi connectivity index (χ4v) is 7.12. The number of fused-ring (bicyclic) bond motifs is 3. The molecule has 6 rings (SSSR count). The summed E-state index contributed by atoms with van der Waals surface area (Å²) in [5.41, 5.74) is 2.56. The van der Waals surface area contributed by atoms with Gasteiger partial charge in [0.2, 0.25) is 11.8 Å². The Morgan fingerprint density at radius 2 is 1.85 bits per heavy atom. The van der Waals surface area contributed by atoms with E-state index in [1.165, 1.54) is 0 Å². The number of hydrogen-bond donors (Lipinski definition) is 2. The highest BCUT2D eigenvalue weighted by molar-refractivity contribution is 5.94. The normalized spacial score (nSPS) is 27.1. The van der Waals surface area contributed by atoms with Crippen LogP contribution >= 0.6 is 0 Å². The van der Waals surface area contributed by atoms with E-state index in [-0.39, 0.29) is 24.2 Å². The Balaban J connectivity index is 1.36. The van der Waals surface area contributed by atoms with Crippen LogP contribution in [0.25, 0.3) is 22.3 Å². The fourth-order valence-electron chi connectivity index (χ4n) is 7.12. The van der Waals surface area contributed by atoms with E-state index in [9.17, 15) is 19.5 Å². The first-order valence-corrected chi connectivity index (χ1v) is 16.6. The minimum Gasteiger partial charge on any atom is -0.496 e. The molecule has 248 valence electrons. The lowest BCUT2D eigenvalue weighted by molar-refractivity contribution is -0.145. The lowest BCUT2D eigenvalue weighted by Crippen LogP contribution is -2.49. The van der Waals surface area contributed by atoms with Gasteiger partial charge in [0.05, 0.1) is 35.9 Å². The van der Waals surface area contributed by atoms with Gasteiger partial charge in [-0.05, 0) is 75.6 Å². The number of carbonyl (C=O) groups excluding carboxylic acids is 2. The van der Waals surface area contributed by atoms with Crippen molar-refractivity contribution in [3.05, 3.63) is 59.8 Å². The van der Waals surface area contributed by atoms with Crippen LogP contribution in [0.1, 0.15) is 69.5 Å². The van der Waals surface area contributed by atoms with Crippen molar-refractivity contribution >= 4 is 28.7 Å². The van der Waals surface area contributed by atoms with Crippen molar-refractivity contribution in [3.8, 4) is 22.9 Å². The first-order valence-electron chi connectivity index (χ1n) is 16.6. The Hall–Kier alpha value is -4.47. The van der Waals surface area contributed by atoms with E-state index in [0.29, 0.717) is 42.3 Å². The van der Waals surface area contributed by atoms with Gasteiger partial charge in [0.15, 0.2) is 0 Å². The quantitative estimate of drug-likeness (QED) is 0.330. The van der Waals surface area contributed by atoms with E-state index < -0.39 is 35.4 Å². The molecule has 2 fully saturated rings. The summed E-state index contributed by atoms with van der Waals surface area (Å²) in [5.74, 6) is -1.67. The molecule has 2 amide bonds. The van der Waals surface area contributed by atoms with Crippen LogP contribution in [0, 0.1) is 24.7 Å². The van der Waals surface area contributed by atoms with Gasteiger partial charge in [-0.25, -0.2) is 9.78 Å². The number of nitrogens with zero attached hydrogens (tertiary/aromatic N) is 3. The molecule has 0 bridgehead atoms. The second-order valence-corrected chi connectivity index (χ2v) is 13.6. The van der Waals surface area contributed by atoms with Crippen LogP contribution < -0.4 is 14.8 Å². The summed E-state index contributed by atoms with van der Waals surface area (Å²) in [6, 6.07) is 11.6. The molecule has 3 aliphatic rings. The van der Waals surface area contributed by atoms with Gasteiger partial charge in [0.25, 0.3) is 0 Å². The predicted octanol–water partition coefficient (Wildman–Crippen LogP) is 5.67. The summed E-state index contributed by atoms with van der Waals surface area (Å²) in [6.07, 6.45) is 6.93. The number of pyridine rings is 2. The van der Waals surface area contributed by atoms with Crippen LogP contribution in [0.2, 0.25) is 0 Å². The van der Waals surface area contributed by atoms with Crippen LogP contribution in [-0.4, -0.2) is 70.1 Å². The fraction of sp³-hybridized carbons (Fsp3) is 0.486. The van der Waals surface area contributed by atoms with Gasteiger partial charge in [-0.3, -0.25) is 14.6 Å². The number of allylic oxidation sites excluding steroid dienone is 1. The van der Waals surface area contributed by atoms with E-state index in [1.807, 2.05) is 55.5 Å². The number of methoxy groups -OCH3 is 1. The standard InChI is InChI=1S/C37H44N4O6/c1-21(2)28-12-10-13-29(38-28)30-19-32(25-14-15-31(46-5)22(3)33(25)39-30)47-24-17-26-27(18-24)35(43)41(4)16-9-7-6-8-11-23-20-37(23,36(44)45)40-34(26)42/h8,10-15,19,21,23-24,26-27H,6-7,9,16-18,20H2,1-5H3,(H,40,42)(H,44,45)/b11-8+. The molecule has 2 aromatic heterocycles. The largest absolute Gasteiger partial charge is 0.496 e. The lowest BCUT2D eigenvalue weighted by atomic mass is 9.93. The van der Waals surface area contributed by atoms with Crippen LogP contribution in [0.5, 0.6) is 11.5 Å². The number of rotatable bonds is 6. The summed E-state index contributed by atoms with van der Waals surface area (Å²) in [4.78, 5) is 51.6. The molecule has 0 spiro atoms. The zero-order chi connectivity index (χ0) is 33.5. The van der Waals surface area contributed by atoms with Gasteiger partial charge in [0, 0.05) is 42.2 Å². The molecule has 1 aliphatic heterocycles. The number of carboxylic acids is 1. The third-order valence-corrected chi connectivity index (χ3v) is 10.1. The topological polar surface area (TPSA) is 131 Å². The number of nitrogens with one attached hydrogen (secondary N) is 1. The third-order valence-electron chi connectivity index (χ3n) is 10.1. The summed E-state index contributed by atoms with van der Waals surface area (Å²) < 4.78 is 12.3. The molecule has 0 radical (unpaired) electrons. The summed E-state index contributed by atoms with van der Waals surface area (Å²) in [5, 5.41) is 13.7.